The standard InChI is InChI=1S/C6H12N2O7P2.2Na.H2O/c1-4-7-3-5(8-4)2-6(9,16(10,11)12)17(13,14)15;;;/h3,9H,2H2,1H3,(H,7,8)(H2,10,11,12)(H2,13,14,15);;;1H2/q;2*+1;/p-2. The molecule has 14 heteroatoms. The predicted molar refractivity (Wildman–Crippen MR) is 55.2 cm³/mol. The van der Waals surface area contributed by atoms with Crippen LogP contribution in [-0.2, 0) is 15.6 Å². The van der Waals surface area contributed by atoms with Gasteiger partial charge in [0.15, 0.2) is 5.08 Å². The van der Waals surface area contributed by atoms with E-state index < -0.39 is 26.7 Å². The Bertz CT molecular complexity index is 489. The maximum absolute atomic E-state index is 10.9. The van der Waals surface area contributed by atoms with Crippen molar-refractivity contribution < 1.29 is 98.4 Å². The summed E-state index contributed by atoms with van der Waals surface area (Å²) >= 11 is 0. The Kier molecular flexibility index (Phi) is 11.7. The number of imidazole rings is 1. The summed E-state index contributed by atoms with van der Waals surface area (Å²) in [5, 5.41) is 5.78. The quantitative estimate of drug-likeness (QED) is 0.303. The maximum Gasteiger partial charge on any atom is 1.00 e. The number of aryl methyl sites for hydroxylation is 1. The van der Waals surface area contributed by atoms with Crippen molar-refractivity contribution in [3.8, 4) is 0 Å². The largest absolute Gasteiger partial charge is 1.00 e. The van der Waals surface area contributed by atoms with Crippen molar-refractivity contribution in [2.75, 3.05) is 0 Å². The van der Waals surface area contributed by atoms with Gasteiger partial charge >= 0.3 is 66.7 Å². The number of hydrogen-bond donors (Lipinski definition) is 4. The van der Waals surface area contributed by atoms with Crippen LogP contribution in [0.4, 0.5) is 0 Å². The van der Waals surface area contributed by atoms with E-state index in [2.05, 4.69) is 9.97 Å². The number of aromatic nitrogens is 2. The Morgan fingerprint density at radius 2 is 1.80 bits per heavy atom. The molecule has 0 aromatic carbocycles. The Balaban J connectivity index is -0.000000963. The first-order valence-corrected chi connectivity index (χ1v) is 7.43. The first kappa shape index (κ1) is 26.3. The molecule has 0 saturated carbocycles. The molecule has 1 atom stereocenters. The Labute approximate surface area is 158 Å². The summed E-state index contributed by atoms with van der Waals surface area (Å²) in [5.41, 5.74) is -0.0692. The molecule has 0 radical (unpaired) electrons. The van der Waals surface area contributed by atoms with Crippen LogP contribution < -0.4 is 68.9 Å². The van der Waals surface area contributed by atoms with Gasteiger partial charge in [-0.3, -0.25) is 4.57 Å². The SMILES string of the molecule is Cc1ncc(CC(O)(P(=O)([O-])[O-])P(=O)(O)O)[nH]1.O.[Na+].[Na+]. The summed E-state index contributed by atoms with van der Waals surface area (Å²) in [6, 6.07) is 0. The fraction of sp³-hybridized carbons (Fsp3) is 0.500. The van der Waals surface area contributed by atoms with Gasteiger partial charge in [0.2, 0.25) is 0 Å². The van der Waals surface area contributed by atoms with E-state index in [0.29, 0.717) is 5.82 Å². The zero-order chi connectivity index (χ0) is 13.5. The summed E-state index contributed by atoms with van der Waals surface area (Å²) in [5.74, 6) is 0.347. The van der Waals surface area contributed by atoms with Crippen LogP contribution in [0.25, 0.3) is 0 Å². The number of aliphatic hydroxyl groups is 1. The third-order valence-corrected chi connectivity index (χ3v) is 5.73. The van der Waals surface area contributed by atoms with Crippen molar-refractivity contribution in [1.82, 2.24) is 9.97 Å². The first-order chi connectivity index (χ1) is 7.47. The van der Waals surface area contributed by atoms with Crippen molar-refractivity contribution in [3.63, 3.8) is 0 Å². The normalized spacial score (nSPS) is 14.3. The molecular formula is C6H12N2Na2O8P2. The first-order valence-electron chi connectivity index (χ1n) is 4.28. The molecule has 1 aromatic rings. The van der Waals surface area contributed by atoms with E-state index in [1.807, 2.05) is 0 Å². The molecular weight excluding hydrogens is 336 g/mol. The molecule has 1 heterocycles. The number of aromatic amines is 1. The second-order valence-corrected chi connectivity index (χ2v) is 7.40. The fourth-order valence-electron chi connectivity index (χ4n) is 1.18. The second-order valence-electron chi connectivity index (χ2n) is 3.49. The van der Waals surface area contributed by atoms with Gasteiger partial charge in [0, 0.05) is 18.3 Å². The van der Waals surface area contributed by atoms with E-state index in [-0.39, 0.29) is 70.3 Å². The van der Waals surface area contributed by atoms with Crippen LogP contribution in [0.15, 0.2) is 6.20 Å². The van der Waals surface area contributed by atoms with E-state index in [1.165, 1.54) is 6.92 Å². The fourth-order valence-corrected chi connectivity index (χ4v) is 3.19. The molecule has 0 aliphatic heterocycles. The van der Waals surface area contributed by atoms with Crippen molar-refractivity contribution >= 4 is 15.2 Å². The summed E-state index contributed by atoms with van der Waals surface area (Å²) < 4.78 is 21.8. The van der Waals surface area contributed by atoms with Gasteiger partial charge in [0.25, 0.3) is 0 Å². The minimum Gasteiger partial charge on any atom is -0.808 e. The molecule has 0 fully saturated rings. The van der Waals surface area contributed by atoms with Gasteiger partial charge in [-0.05, 0) is 14.5 Å². The predicted octanol–water partition coefficient (Wildman–Crippen LogP) is -8.82. The third kappa shape index (κ3) is 5.91. The van der Waals surface area contributed by atoms with E-state index >= 15 is 0 Å². The Morgan fingerprint density at radius 3 is 2.05 bits per heavy atom. The monoisotopic (exact) mass is 348 g/mol. The van der Waals surface area contributed by atoms with Gasteiger partial charge in [-0.1, -0.05) is 0 Å². The maximum atomic E-state index is 10.9. The minimum absolute atomic E-state index is 0. The van der Waals surface area contributed by atoms with Crippen molar-refractivity contribution in [2.45, 2.75) is 18.4 Å². The topological polar surface area (TPSA) is 201 Å². The number of H-pyrrole nitrogens is 1. The van der Waals surface area contributed by atoms with Crippen LogP contribution in [0.3, 0.4) is 0 Å². The van der Waals surface area contributed by atoms with Crippen molar-refractivity contribution in [2.24, 2.45) is 0 Å². The van der Waals surface area contributed by atoms with Gasteiger partial charge in [0.05, 0.1) is 0 Å². The van der Waals surface area contributed by atoms with Gasteiger partial charge in [-0.2, -0.15) is 0 Å². The van der Waals surface area contributed by atoms with E-state index in [4.69, 9.17) is 9.79 Å². The number of nitrogens with one attached hydrogen (secondary N) is 1. The summed E-state index contributed by atoms with van der Waals surface area (Å²) in [6.07, 6.45) is 0.0218. The van der Waals surface area contributed by atoms with Gasteiger partial charge in [-0.25, -0.2) is 4.98 Å². The number of rotatable bonds is 4. The smallest absolute Gasteiger partial charge is 0.808 e. The molecule has 0 spiro atoms. The van der Waals surface area contributed by atoms with Crippen LogP contribution >= 0.6 is 15.2 Å². The number of nitrogens with zero attached hydrogens (tertiary/aromatic N) is 1. The summed E-state index contributed by atoms with van der Waals surface area (Å²) in [7, 11) is -11.5. The molecule has 106 valence electrons. The van der Waals surface area contributed by atoms with Crippen molar-refractivity contribution in [3.05, 3.63) is 17.7 Å². The molecule has 6 N–H and O–H groups in total. The second kappa shape index (κ2) is 8.90. The molecule has 10 nitrogen and oxygen atoms in total. The molecule has 0 aliphatic rings. The Morgan fingerprint density at radius 1 is 1.35 bits per heavy atom. The molecule has 1 unspecified atom stereocenters. The van der Waals surface area contributed by atoms with Crippen LogP contribution in [0.5, 0.6) is 0 Å². The molecule has 20 heavy (non-hydrogen) atoms. The average molecular weight is 348 g/mol. The van der Waals surface area contributed by atoms with Crippen LogP contribution in [-0.4, -0.2) is 35.4 Å². The summed E-state index contributed by atoms with van der Waals surface area (Å²) in [4.78, 5) is 45.3. The molecule has 1 aromatic heterocycles. The van der Waals surface area contributed by atoms with Gasteiger partial charge in [-0.15, -0.1) is 0 Å². The number of hydrogen-bond acceptors (Lipinski definition) is 6. The van der Waals surface area contributed by atoms with Crippen LogP contribution in [0.2, 0.25) is 0 Å². The Hall–Kier alpha value is 1.43. The van der Waals surface area contributed by atoms with E-state index in [1.54, 1.807) is 0 Å². The zero-order valence-corrected chi connectivity index (χ0v) is 16.9. The molecule has 0 bridgehead atoms. The minimum atomic E-state index is -5.92. The van der Waals surface area contributed by atoms with Gasteiger partial charge < -0.3 is 39.7 Å². The molecule has 0 aliphatic carbocycles. The van der Waals surface area contributed by atoms with E-state index in [0.717, 1.165) is 6.20 Å². The molecule has 0 saturated heterocycles. The van der Waals surface area contributed by atoms with Crippen LogP contribution in [0, 0.1) is 6.92 Å². The van der Waals surface area contributed by atoms with Crippen molar-refractivity contribution in [1.29, 1.82) is 0 Å². The third-order valence-electron chi connectivity index (χ3n) is 2.09. The zero-order valence-electron chi connectivity index (χ0n) is 11.1. The summed E-state index contributed by atoms with van der Waals surface area (Å²) in [6.45, 7) is 1.51. The molecule has 1 rings (SSSR count). The molecule has 0 amide bonds. The van der Waals surface area contributed by atoms with Crippen LogP contribution in [0.1, 0.15) is 11.5 Å². The van der Waals surface area contributed by atoms with E-state index in [9.17, 15) is 24.0 Å². The van der Waals surface area contributed by atoms with Gasteiger partial charge in [0.1, 0.15) is 5.82 Å². The average Bonchev–Trinajstić information content (AvgIpc) is 2.47.